The summed E-state index contributed by atoms with van der Waals surface area (Å²) < 4.78 is 15.0. The first kappa shape index (κ1) is 14.2. The largest absolute Gasteiger partial charge is 0.271 e. The van der Waals surface area contributed by atoms with E-state index in [2.05, 4.69) is 21.4 Å². The fraction of sp³-hybridized carbons (Fsp3) is 0.200. The van der Waals surface area contributed by atoms with Gasteiger partial charge in [0.05, 0.1) is 6.04 Å². The van der Waals surface area contributed by atoms with Crippen molar-refractivity contribution in [3.8, 4) is 0 Å². The summed E-state index contributed by atoms with van der Waals surface area (Å²) in [5.74, 6) is 5.36. The molecule has 1 unspecified atom stereocenters. The highest BCUT2D eigenvalue weighted by atomic mass is 79.9. The van der Waals surface area contributed by atoms with E-state index in [4.69, 9.17) is 5.84 Å². The van der Waals surface area contributed by atoms with Gasteiger partial charge in [-0.1, -0.05) is 46.3 Å². The van der Waals surface area contributed by atoms with Gasteiger partial charge >= 0.3 is 0 Å². The van der Waals surface area contributed by atoms with Crippen LogP contribution in [0.2, 0.25) is 0 Å². The fourth-order valence-corrected chi connectivity index (χ4v) is 2.45. The van der Waals surface area contributed by atoms with E-state index in [0.717, 1.165) is 21.2 Å². The lowest BCUT2D eigenvalue weighted by Crippen LogP contribution is -2.29. The maximum Gasteiger partial charge on any atom is 0.128 e. The van der Waals surface area contributed by atoms with Crippen molar-refractivity contribution < 1.29 is 4.39 Å². The maximum absolute atomic E-state index is 13.9. The van der Waals surface area contributed by atoms with Crippen molar-refractivity contribution in [2.24, 2.45) is 5.84 Å². The van der Waals surface area contributed by atoms with Gasteiger partial charge in [-0.3, -0.25) is 5.84 Å². The molecule has 0 aliphatic heterocycles. The number of hydrogen-bond acceptors (Lipinski definition) is 2. The van der Waals surface area contributed by atoms with Crippen LogP contribution in [0.4, 0.5) is 4.39 Å². The van der Waals surface area contributed by atoms with Crippen molar-refractivity contribution in [2.75, 3.05) is 0 Å². The van der Waals surface area contributed by atoms with Crippen LogP contribution in [0, 0.1) is 19.7 Å². The molecule has 4 heteroatoms. The molecule has 0 saturated heterocycles. The van der Waals surface area contributed by atoms with Crippen LogP contribution in [0.5, 0.6) is 0 Å². The zero-order valence-corrected chi connectivity index (χ0v) is 12.5. The van der Waals surface area contributed by atoms with E-state index in [1.54, 1.807) is 18.2 Å². The van der Waals surface area contributed by atoms with Crippen LogP contribution in [0.15, 0.2) is 40.9 Å². The second-order valence-corrected chi connectivity index (χ2v) is 5.38. The van der Waals surface area contributed by atoms with Crippen LogP contribution in [0.25, 0.3) is 0 Å². The number of nitrogens with two attached hydrogens (primary N) is 1. The molecule has 0 saturated carbocycles. The Morgan fingerprint density at radius 1 is 1.16 bits per heavy atom. The van der Waals surface area contributed by atoms with Crippen molar-refractivity contribution in [1.82, 2.24) is 5.43 Å². The number of rotatable bonds is 3. The Balaban J connectivity index is 2.52. The van der Waals surface area contributed by atoms with E-state index in [1.165, 1.54) is 6.07 Å². The standard InChI is InChI=1S/C15H16BrFN2/c1-9-7-11(8-10(2)14(9)16)15(19-18)12-5-3-4-6-13(12)17/h3-8,15,19H,18H2,1-2H3. The zero-order valence-electron chi connectivity index (χ0n) is 10.9. The summed E-state index contributed by atoms with van der Waals surface area (Å²) in [7, 11) is 0. The molecule has 0 radical (unpaired) electrons. The summed E-state index contributed by atoms with van der Waals surface area (Å²) in [5, 5.41) is 0. The second kappa shape index (κ2) is 5.82. The third-order valence-corrected chi connectivity index (χ3v) is 4.43. The number of hydrogen-bond donors (Lipinski definition) is 2. The van der Waals surface area contributed by atoms with Gasteiger partial charge < -0.3 is 0 Å². The van der Waals surface area contributed by atoms with Gasteiger partial charge in [-0.25, -0.2) is 9.82 Å². The van der Waals surface area contributed by atoms with E-state index in [9.17, 15) is 4.39 Å². The van der Waals surface area contributed by atoms with Gasteiger partial charge in [0.2, 0.25) is 0 Å². The lowest BCUT2D eigenvalue weighted by Gasteiger charge is -2.19. The SMILES string of the molecule is Cc1cc(C(NN)c2ccccc2F)cc(C)c1Br. The minimum atomic E-state index is -0.355. The second-order valence-electron chi connectivity index (χ2n) is 4.59. The van der Waals surface area contributed by atoms with Crippen LogP contribution < -0.4 is 11.3 Å². The van der Waals surface area contributed by atoms with Gasteiger partial charge in [0.1, 0.15) is 5.82 Å². The molecule has 0 fully saturated rings. The van der Waals surface area contributed by atoms with E-state index < -0.39 is 0 Å². The average Bonchev–Trinajstić information content (AvgIpc) is 2.39. The monoisotopic (exact) mass is 322 g/mol. The zero-order chi connectivity index (χ0) is 14.0. The quantitative estimate of drug-likeness (QED) is 0.667. The van der Waals surface area contributed by atoms with Crippen LogP contribution in [0.3, 0.4) is 0 Å². The summed E-state index contributed by atoms with van der Waals surface area (Å²) >= 11 is 3.53. The Hall–Kier alpha value is -1.23. The van der Waals surface area contributed by atoms with Crippen molar-refractivity contribution in [2.45, 2.75) is 19.9 Å². The Kier molecular flexibility index (Phi) is 4.34. The summed E-state index contributed by atoms with van der Waals surface area (Å²) in [6.45, 7) is 4.02. The number of nitrogens with one attached hydrogen (secondary N) is 1. The van der Waals surface area contributed by atoms with E-state index in [0.29, 0.717) is 5.56 Å². The topological polar surface area (TPSA) is 38.0 Å². The molecule has 2 aromatic carbocycles. The summed E-state index contributed by atoms with van der Waals surface area (Å²) in [4.78, 5) is 0. The third-order valence-electron chi connectivity index (χ3n) is 3.18. The number of benzene rings is 2. The van der Waals surface area contributed by atoms with Gasteiger partial charge in [-0.05, 0) is 36.6 Å². The molecule has 2 aromatic rings. The first-order valence-corrected chi connectivity index (χ1v) is 6.81. The van der Waals surface area contributed by atoms with Crippen molar-refractivity contribution >= 4 is 15.9 Å². The molecule has 0 aliphatic carbocycles. The summed E-state index contributed by atoms with van der Waals surface area (Å²) in [6.07, 6.45) is 0. The minimum Gasteiger partial charge on any atom is -0.271 e. The van der Waals surface area contributed by atoms with Gasteiger partial charge in [-0.15, -0.1) is 0 Å². The predicted molar refractivity (Wildman–Crippen MR) is 79.2 cm³/mol. The van der Waals surface area contributed by atoms with Crippen LogP contribution >= 0.6 is 15.9 Å². The molecular formula is C15H16BrFN2. The number of hydrazine groups is 1. The molecule has 1 atom stereocenters. The predicted octanol–water partition coefficient (Wildman–Crippen LogP) is 3.76. The Labute approximate surface area is 120 Å². The molecule has 19 heavy (non-hydrogen) atoms. The normalized spacial score (nSPS) is 12.5. The maximum atomic E-state index is 13.9. The van der Waals surface area contributed by atoms with Crippen molar-refractivity contribution in [3.63, 3.8) is 0 Å². The molecule has 0 bridgehead atoms. The smallest absolute Gasteiger partial charge is 0.128 e. The summed E-state index contributed by atoms with van der Waals surface area (Å²) in [5.41, 5.74) is 6.40. The molecule has 2 rings (SSSR count). The highest BCUT2D eigenvalue weighted by Gasteiger charge is 2.17. The Bertz CT molecular complexity index is 575. The molecule has 0 aromatic heterocycles. The first-order chi connectivity index (χ1) is 9.04. The number of aryl methyl sites for hydroxylation is 2. The van der Waals surface area contributed by atoms with Crippen LogP contribution in [-0.4, -0.2) is 0 Å². The van der Waals surface area contributed by atoms with Crippen LogP contribution in [0.1, 0.15) is 28.3 Å². The Morgan fingerprint density at radius 2 is 1.74 bits per heavy atom. The van der Waals surface area contributed by atoms with Crippen LogP contribution in [-0.2, 0) is 0 Å². The van der Waals surface area contributed by atoms with E-state index in [1.807, 2.05) is 26.0 Å². The lowest BCUT2D eigenvalue weighted by atomic mass is 9.96. The highest BCUT2D eigenvalue weighted by molar-refractivity contribution is 9.10. The average molecular weight is 323 g/mol. The molecule has 0 heterocycles. The molecule has 0 aliphatic rings. The third kappa shape index (κ3) is 2.86. The summed E-state index contributed by atoms with van der Waals surface area (Å²) in [6, 6.07) is 10.3. The molecule has 100 valence electrons. The van der Waals surface area contributed by atoms with E-state index in [-0.39, 0.29) is 11.9 Å². The molecular weight excluding hydrogens is 307 g/mol. The molecule has 0 spiro atoms. The minimum absolute atomic E-state index is 0.260. The lowest BCUT2D eigenvalue weighted by molar-refractivity contribution is 0.560. The number of halogens is 2. The van der Waals surface area contributed by atoms with E-state index >= 15 is 0 Å². The van der Waals surface area contributed by atoms with Crippen molar-refractivity contribution in [3.05, 3.63) is 68.9 Å². The fourth-order valence-electron chi connectivity index (χ4n) is 2.22. The van der Waals surface area contributed by atoms with Gasteiger partial charge in [0, 0.05) is 10.0 Å². The molecule has 3 N–H and O–H groups in total. The van der Waals surface area contributed by atoms with Gasteiger partial charge in [0.15, 0.2) is 0 Å². The first-order valence-electron chi connectivity index (χ1n) is 6.01. The molecule has 0 amide bonds. The molecule has 2 nitrogen and oxygen atoms in total. The highest BCUT2D eigenvalue weighted by Crippen LogP contribution is 2.29. The van der Waals surface area contributed by atoms with Gasteiger partial charge in [0.25, 0.3) is 0 Å². The Morgan fingerprint density at radius 3 is 2.26 bits per heavy atom. The van der Waals surface area contributed by atoms with Gasteiger partial charge in [-0.2, -0.15) is 0 Å². The van der Waals surface area contributed by atoms with Crippen molar-refractivity contribution in [1.29, 1.82) is 0 Å².